The summed E-state index contributed by atoms with van der Waals surface area (Å²) in [4.78, 5) is 0. The van der Waals surface area contributed by atoms with Crippen molar-refractivity contribution in [3.63, 3.8) is 0 Å². The standard InChI is InChI=1S/C28H60P.Pb.2H/c1-5-9-13-16-19-22-26-29(25-12-8-4,27-23-20-17-14-10-6-2)28-24-21-18-15-11-7-3;;;/h5-28H2,1-4H3;;;/q+1;;;. The first-order valence-electron chi connectivity index (χ1n) is 14.1. The van der Waals surface area contributed by atoms with Gasteiger partial charge < -0.3 is 0 Å². The first kappa shape index (κ1) is 33.5. The minimum absolute atomic E-state index is 0. The van der Waals surface area contributed by atoms with Gasteiger partial charge in [0.25, 0.3) is 0 Å². The zero-order valence-electron chi connectivity index (χ0n) is 22.1. The Kier molecular flexibility index (Phi) is 29.7. The van der Waals surface area contributed by atoms with Crippen LogP contribution in [0.25, 0.3) is 0 Å². The van der Waals surface area contributed by atoms with Crippen molar-refractivity contribution in [1.29, 1.82) is 0 Å². The molecule has 0 amide bonds. The zero-order chi connectivity index (χ0) is 21.5. The predicted molar refractivity (Wildman–Crippen MR) is 150 cm³/mol. The maximum atomic E-state index is 2.41. The van der Waals surface area contributed by atoms with E-state index in [4.69, 9.17) is 0 Å². The van der Waals surface area contributed by atoms with Crippen molar-refractivity contribution in [2.24, 2.45) is 0 Å². The summed E-state index contributed by atoms with van der Waals surface area (Å²) in [6.07, 6.45) is 36.1. The van der Waals surface area contributed by atoms with Gasteiger partial charge in [0.15, 0.2) is 0 Å². The van der Waals surface area contributed by atoms with Gasteiger partial charge in [-0.25, -0.2) is 0 Å². The van der Waals surface area contributed by atoms with Crippen LogP contribution < -0.4 is 0 Å². The fourth-order valence-electron chi connectivity index (χ4n) is 4.85. The Morgan fingerprint density at radius 2 is 0.533 bits per heavy atom. The molecule has 182 valence electrons. The van der Waals surface area contributed by atoms with Gasteiger partial charge in [-0.05, 0) is 44.9 Å². The molecular formula is C28H62PPb+. The van der Waals surface area contributed by atoms with Crippen LogP contribution in [0.15, 0.2) is 0 Å². The van der Waals surface area contributed by atoms with Crippen molar-refractivity contribution in [3.05, 3.63) is 0 Å². The summed E-state index contributed by atoms with van der Waals surface area (Å²) >= 11 is 0. The molecule has 0 nitrogen and oxygen atoms in total. The van der Waals surface area contributed by atoms with E-state index < -0.39 is 7.26 Å². The normalized spacial score (nSPS) is 11.6. The van der Waals surface area contributed by atoms with Crippen molar-refractivity contribution in [2.45, 2.75) is 156 Å². The summed E-state index contributed by atoms with van der Waals surface area (Å²) in [7, 11) is -0.679. The van der Waals surface area contributed by atoms with Crippen LogP contribution in [0.5, 0.6) is 0 Å². The van der Waals surface area contributed by atoms with Crippen molar-refractivity contribution >= 4 is 34.6 Å². The van der Waals surface area contributed by atoms with Gasteiger partial charge in [-0.1, -0.05) is 111 Å². The SMILES string of the molecule is CCCCCCCC[P+](CCCC)(CCCCCCCC)CCCCCCCC.[PbH2]. The maximum absolute atomic E-state index is 2.41. The molecule has 0 aromatic heterocycles. The van der Waals surface area contributed by atoms with E-state index in [1.165, 1.54) is 109 Å². The fraction of sp³-hybridized carbons (Fsp3) is 1.00. The summed E-state index contributed by atoms with van der Waals surface area (Å²) in [6, 6.07) is 0. The second-order valence-corrected chi connectivity index (χ2v) is 14.4. The molecule has 0 fully saturated rings. The van der Waals surface area contributed by atoms with Crippen molar-refractivity contribution in [2.75, 3.05) is 24.6 Å². The van der Waals surface area contributed by atoms with E-state index in [1.54, 1.807) is 43.9 Å². The van der Waals surface area contributed by atoms with E-state index in [0.717, 1.165) is 0 Å². The molecule has 0 aliphatic carbocycles. The molecule has 2 radical (unpaired) electrons. The molecule has 0 atom stereocenters. The van der Waals surface area contributed by atoms with E-state index in [2.05, 4.69) is 27.7 Å². The molecule has 0 unspecified atom stereocenters. The average molecular weight is 637 g/mol. The molecule has 0 heterocycles. The summed E-state index contributed by atoms with van der Waals surface area (Å²) in [5.41, 5.74) is 0. The van der Waals surface area contributed by atoms with Crippen molar-refractivity contribution in [3.8, 4) is 0 Å². The molecule has 0 aliphatic heterocycles. The third kappa shape index (κ3) is 21.2. The quantitative estimate of drug-likeness (QED) is 0.0562. The molecule has 0 saturated carbocycles. The Morgan fingerprint density at radius 1 is 0.300 bits per heavy atom. The molecule has 0 aliphatic rings. The van der Waals surface area contributed by atoms with E-state index in [9.17, 15) is 0 Å². The molecular weight excluding hydrogens is 574 g/mol. The van der Waals surface area contributed by atoms with Gasteiger partial charge in [-0.2, -0.15) is 0 Å². The van der Waals surface area contributed by atoms with Crippen LogP contribution in [0.4, 0.5) is 0 Å². The molecule has 30 heavy (non-hydrogen) atoms. The molecule has 2 heteroatoms. The minimum atomic E-state index is -0.679. The first-order valence-corrected chi connectivity index (χ1v) is 16.6. The second-order valence-electron chi connectivity index (χ2n) is 9.89. The number of hydrogen-bond donors (Lipinski definition) is 0. The van der Waals surface area contributed by atoms with Gasteiger partial charge >= 0.3 is 27.3 Å². The van der Waals surface area contributed by atoms with Gasteiger partial charge in [0.1, 0.15) is 0 Å². The van der Waals surface area contributed by atoms with Gasteiger partial charge in [-0.3, -0.25) is 0 Å². The van der Waals surface area contributed by atoms with Crippen molar-refractivity contribution < 1.29 is 0 Å². The molecule has 0 aromatic carbocycles. The monoisotopic (exact) mass is 637 g/mol. The molecule has 0 N–H and O–H groups in total. The summed E-state index contributed by atoms with van der Waals surface area (Å²) in [5.74, 6) is 0. The van der Waals surface area contributed by atoms with Crippen LogP contribution in [-0.2, 0) is 0 Å². The molecule has 0 saturated heterocycles. The second kappa shape index (κ2) is 26.6. The Bertz CT molecular complexity index is 264. The number of hydrogen-bond acceptors (Lipinski definition) is 0. The Morgan fingerprint density at radius 3 is 0.833 bits per heavy atom. The van der Waals surface area contributed by atoms with Crippen LogP contribution in [0.2, 0.25) is 0 Å². The molecule has 0 rings (SSSR count). The van der Waals surface area contributed by atoms with E-state index >= 15 is 0 Å². The third-order valence-electron chi connectivity index (χ3n) is 6.94. The van der Waals surface area contributed by atoms with Crippen LogP contribution in [-0.4, -0.2) is 51.9 Å². The van der Waals surface area contributed by atoms with Crippen LogP contribution in [0, 0.1) is 0 Å². The molecule has 0 aromatic rings. The topological polar surface area (TPSA) is 0 Å². The van der Waals surface area contributed by atoms with Crippen LogP contribution in [0.1, 0.15) is 156 Å². The summed E-state index contributed by atoms with van der Waals surface area (Å²) in [5, 5.41) is 0. The van der Waals surface area contributed by atoms with Crippen LogP contribution >= 0.6 is 7.26 Å². The van der Waals surface area contributed by atoms with Gasteiger partial charge in [0.2, 0.25) is 0 Å². The van der Waals surface area contributed by atoms with E-state index in [1.807, 2.05) is 0 Å². The summed E-state index contributed by atoms with van der Waals surface area (Å²) in [6.45, 7) is 9.42. The van der Waals surface area contributed by atoms with Crippen molar-refractivity contribution in [1.82, 2.24) is 0 Å². The van der Waals surface area contributed by atoms with Crippen LogP contribution in [0.3, 0.4) is 0 Å². The number of rotatable bonds is 24. The molecule has 0 spiro atoms. The third-order valence-corrected chi connectivity index (χ3v) is 12.0. The first-order chi connectivity index (χ1) is 14.2. The van der Waals surface area contributed by atoms with E-state index in [0.29, 0.717) is 0 Å². The van der Waals surface area contributed by atoms with Gasteiger partial charge in [0.05, 0.1) is 24.6 Å². The summed E-state index contributed by atoms with van der Waals surface area (Å²) < 4.78 is 0. The van der Waals surface area contributed by atoms with Gasteiger partial charge in [-0.15, -0.1) is 0 Å². The Balaban J connectivity index is 0. The Hall–Kier alpha value is 1.35. The fourth-order valence-corrected chi connectivity index (χ4v) is 9.86. The predicted octanol–water partition coefficient (Wildman–Crippen LogP) is 9.97. The van der Waals surface area contributed by atoms with Gasteiger partial charge in [0, 0.05) is 7.26 Å². The number of unbranched alkanes of at least 4 members (excludes halogenated alkanes) is 16. The van der Waals surface area contributed by atoms with E-state index in [-0.39, 0.29) is 27.3 Å². The Labute approximate surface area is 214 Å². The average Bonchev–Trinajstić information content (AvgIpc) is 2.74. The zero-order valence-corrected chi connectivity index (χ0v) is 28.5. The molecule has 0 bridgehead atoms.